The lowest BCUT2D eigenvalue weighted by atomic mass is 9.92. The van der Waals surface area contributed by atoms with Gasteiger partial charge in [-0.15, -0.1) is 0 Å². The van der Waals surface area contributed by atoms with E-state index >= 15 is 0 Å². The molecular formula is C17H16O6. The molecule has 0 radical (unpaired) electrons. The first-order valence-corrected chi connectivity index (χ1v) is 6.98. The Morgan fingerprint density at radius 1 is 1.09 bits per heavy atom. The molecule has 0 spiro atoms. The van der Waals surface area contributed by atoms with Crippen LogP contribution >= 0.6 is 0 Å². The van der Waals surface area contributed by atoms with Crippen molar-refractivity contribution < 1.29 is 29.2 Å². The van der Waals surface area contributed by atoms with Gasteiger partial charge >= 0.3 is 0 Å². The molecule has 23 heavy (non-hydrogen) atoms. The van der Waals surface area contributed by atoms with Gasteiger partial charge in [0.1, 0.15) is 28.6 Å². The van der Waals surface area contributed by atoms with E-state index in [1.54, 1.807) is 31.4 Å². The maximum absolute atomic E-state index is 12.6. The van der Waals surface area contributed by atoms with Crippen molar-refractivity contribution in [1.29, 1.82) is 0 Å². The number of rotatable bonds is 3. The second-order valence-corrected chi connectivity index (χ2v) is 5.17. The van der Waals surface area contributed by atoms with Crippen LogP contribution in [0.2, 0.25) is 0 Å². The number of carbonyl (C=O) groups excluding carboxylic acids is 1. The van der Waals surface area contributed by atoms with Gasteiger partial charge in [-0.2, -0.15) is 0 Å². The molecule has 0 saturated carbocycles. The zero-order valence-corrected chi connectivity index (χ0v) is 12.6. The lowest BCUT2D eigenvalue weighted by Crippen LogP contribution is -2.37. The number of aromatic hydroxyl groups is 2. The molecule has 1 heterocycles. The summed E-state index contributed by atoms with van der Waals surface area (Å²) in [6.45, 7) is 0. The molecule has 1 aliphatic heterocycles. The van der Waals surface area contributed by atoms with Crippen molar-refractivity contribution in [2.24, 2.45) is 0 Å². The van der Waals surface area contributed by atoms with Crippen LogP contribution < -0.4 is 9.47 Å². The molecule has 1 aliphatic rings. The highest BCUT2D eigenvalue weighted by Gasteiger charge is 2.40. The summed E-state index contributed by atoms with van der Waals surface area (Å²) in [5.74, 6) is -0.104. The zero-order valence-electron chi connectivity index (χ0n) is 12.6. The van der Waals surface area contributed by atoms with E-state index in [9.17, 15) is 15.0 Å². The highest BCUT2D eigenvalue weighted by molar-refractivity contribution is 6.05. The molecule has 0 unspecified atom stereocenters. The smallest absolute Gasteiger partial charge is 0.203 e. The van der Waals surface area contributed by atoms with Crippen molar-refractivity contribution in [2.75, 3.05) is 14.2 Å². The number of methoxy groups -OCH3 is 2. The first-order chi connectivity index (χ1) is 11.0. The van der Waals surface area contributed by atoms with Gasteiger partial charge in [0.05, 0.1) is 7.11 Å². The maximum atomic E-state index is 12.6. The molecule has 2 aromatic carbocycles. The molecule has 0 amide bonds. The summed E-state index contributed by atoms with van der Waals surface area (Å²) in [6, 6.07) is 9.46. The third-order valence-corrected chi connectivity index (χ3v) is 3.80. The number of fused-ring (bicyclic) bond motifs is 1. The zero-order chi connectivity index (χ0) is 16.6. The summed E-state index contributed by atoms with van der Waals surface area (Å²) >= 11 is 0. The van der Waals surface area contributed by atoms with Crippen LogP contribution in [0.15, 0.2) is 36.4 Å². The molecular weight excluding hydrogens is 300 g/mol. The van der Waals surface area contributed by atoms with Crippen LogP contribution in [0.4, 0.5) is 0 Å². The minimum atomic E-state index is -0.897. The minimum absolute atomic E-state index is 0.0133. The molecule has 6 heteroatoms. The average Bonchev–Trinajstić information content (AvgIpc) is 2.54. The number of hydrogen-bond acceptors (Lipinski definition) is 6. The summed E-state index contributed by atoms with van der Waals surface area (Å²) in [5, 5.41) is 19.5. The number of phenolic OH excluding ortho intramolecular Hbond substituents is 2. The highest BCUT2D eigenvalue weighted by Crippen LogP contribution is 2.42. The van der Waals surface area contributed by atoms with Crippen molar-refractivity contribution in [2.45, 2.75) is 12.2 Å². The Balaban J connectivity index is 2.05. The quantitative estimate of drug-likeness (QED) is 0.904. The summed E-state index contributed by atoms with van der Waals surface area (Å²) < 4.78 is 16.2. The molecule has 120 valence electrons. The number of hydrogen-bond donors (Lipinski definition) is 2. The van der Waals surface area contributed by atoms with Crippen LogP contribution in [0.25, 0.3) is 0 Å². The predicted octanol–water partition coefficient (Wildman–Crippen LogP) is 2.44. The lowest BCUT2D eigenvalue weighted by Gasteiger charge is -2.32. The summed E-state index contributed by atoms with van der Waals surface area (Å²) in [4.78, 5) is 12.6. The standard InChI is InChI=1S/C17H16O6/c1-21-11-5-3-9(4-6-11)16-17(22-2)15(20)14-12(19)7-10(18)8-13(14)23-16/h3-8,16-19H,1-2H3/t16-,17-/m1/s1. The van der Waals surface area contributed by atoms with Gasteiger partial charge in [0.25, 0.3) is 0 Å². The second kappa shape index (κ2) is 5.81. The first kappa shape index (κ1) is 15.2. The van der Waals surface area contributed by atoms with Crippen molar-refractivity contribution in [1.82, 2.24) is 0 Å². The average molecular weight is 316 g/mol. The third-order valence-electron chi connectivity index (χ3n) is 3.80. The van der Waals surface area contributed by atoms with Crippen LogP contribution in [0.5, 0.6) is 23.0 Å². The number of ketones is 1. The Morgan fingerprint density at radius 3 is 2.39 bits per heavy atom. The Kier molecular flexibility index (Phi) is 3.83. The number of Topliss-reactive ketones (excluding diaryl/α,β-unsaturated/α-hetero) is 1. The van der Waals surface area contributed by atoms with Crippen molar-refractivity contribution >= 4 is 5.78 Å². The molecule has 2 N–H and O–H groups in total. The number of carbonyl (C=O) groups is 1. The van der Waals surface area contributed by atoms with Gasteiger partial charge in [-0.3, -0.25) is 4.79 Å². The predicted molar refractivity (Wildman–Crippen MR) is 81.3 cm³/mol. The topological polar surface area (TPSA) is 85.2 Å². The third kappa shape index (κ3) is 2.57. The van der Waals surface area contributed by atoms with E-state index in [4.69, 9.17) is 14.2 Å². The Hall–Kier alpha value is -2.73. The SMILES string of the molecule is COc1ccc([C@H]2Oc3cc(O)cc(O)c3C(=O)[C@H]2OC)cc1. The maximum Gasteiger partial charge on any atom is 0.203 e. The van der Waals surface area contributed by atoms with Gasteiger partial charge in [-0.25, -0.2) is 0 Å². The Morgan fingerprint density at radius 2 is 1.78 bits per heavy atom. The Labute approximate surface area is 132 Å². The van der Waals surface area contributed by atoms with Crippen molar-refractivity contribution in [3.05, 3.63) is 47.5 Å². The normalized spacial score (nSPS) is 19.8. The number of benzene rings is 2. The van der Waals surface area contributed by atoms with Crippen LogP contribution in [0.3, 0.4) is 0 Å². The van der Waals surface area contributed by atoms with Crippen LogP contribution in [0, 0.1) is 0 Å². The van der Waals surface area contributed by atoms with Gasteiger partial charge in [-0.05, 0) is 17.7 Å². The molecule has 0 bridgehead atoms. The fourth-order valence-electron chi connectivity index (χ4n) is 2.67. The van der Waals surface area contributed by atoms with E-state index in [1.807, 2.05) is 0 Å². The summed E-state index contributed by atoms with van der Waals surface area (Å²) in [7, 11) is 2.97. The van der Waals surface area contributed by atoms with Crippen molar-refractivity contribution in [3.8, 4) is 23.0 Å². The van der Waals surface area contributed by atoms with E-state index < -0.39 is 18.0 Å². The number of ether oxygens (including phenoxy) is 3. The molecule has 0 aliphatic carbocycles. The fraction of sp³-hybridized carbons (Fsp3) is 0.235. The molecule has 3 rings (SSSR count). The lowest BCUT2D eigenvalue weighted by molar-refractivity contribution is -0.00108. The monoisotopic (exact) mass is 316 g/mol. The van der Waals surface area contributed by atoms with E-state index in [0.29, 0.717) is 5.75 Å². The molecule has 2 aromatic rings. The summed E-state index contributed by atoms with van der Waals surface area (Å²) in [6.07, 6.45) is -1.58. The fourth-order valence-corrected chi connectivity index (χ4v) is 2.67. The minimum Gasteiger partial charge on any atom is -0.508 e. The second-order valence-electron chi connectivity index (χ2n) is 5.17. The molecule has 0 aromatic heterocycles. The summed E-state index contributed by atoms with van der Waals surface area (Å²) in [5.41, 5.74) is 0.735. The Bertz CT molecular complexity index is 737. The van der Waals surface area contributed by atoms with E-state index in [2.05, 4.69) is 0 Å². The molecule has 2 atom stereocenters. The largest absolute Gasteiger partial charge is 0.508 e. The van der Waals surface area contributed by atoms with Gasteiger partial charge in [0.15, 0.2) is 12.2 Å². The highest BCUT2D eigenvalue weighted by atomic mass is 16.5. The van der Waals surface area contributed by atoms with Crippen LogP contribution in [0.1, 0.15) is 22.0 Å². The van der Waals surface area contributed by atoms with E-state index in [0.717, 1.165) is 11.6 Å². The van der Waals surface area contributed by atoms with E-state index in [1.165, 1.54) is 13.2 Å². The van der Waals surface area contributed by atoms with Crippen LogP contribution in [-0.4, -0.2) is 36.3 Å². The molecule has 0 saturated heterocycles. The van der Waals surface area contributed by atoms with Gasteiger partial charge < -0.3 is 24.4 Å². The van der Waals surface area contributed by atoms with E-state index in [-0.39, 0.29) is 22.8 Å². The first-order valence-electron chi connectivity index (χ1n) is 6.98. The van der Waals surface area contributed by atoms with Gasteiger partial charge in [0, 0.05) is 19.2 Å². The van der Waals surface area contributed by atoms with Crippen LogP contribution in [-0.2, 0) is 4.74 Å². The van der Waals surface area contributed by atoms with Crippen molar-refractivity contribution in [3.63, 3.8) is 0 Å². The van der Waals surface area contributed by atoms with Gasteiger partial charge in [-0.1, -0.05) is 12.1 Å². The molecule has 0 fully saturated rings. The van der Waals surface area contributed by atoms with Gasteiger partial charge in [0.2, 0.25) is 5.78 Å². The number of phenols is 2. The molecule has 6 nitrogen and oxygen atoms in total.